The van der Waals surface area contributed by atoms with Crippen molar-refractivity contribution in [3.8, 4) is 0 Å². The summed E-state index contributed by atoms with van der Waals surface area (Å²) in [6.45, 7) is 0.503. The van der Waals surface area contributed by atoms with Gasteiger partial charge in [-0.2, -0.15) is 5.10 Å². The van der Waals surface area contributed by atoms with Crippen molar-refractivity contribution < 1.29 is 0 Å². The van der Waals surface area contributed by atoms with Crippen molar-refractivity contribution in [1.29, 1.82) is 0 Å². The second-order valence-corrected chi connectivity index (χ2v) is 5.05. The Morgan fingerprint density at radius 1 is 1.50 bits per heavy atom. The molecule has 1 saturated carbocycles. The Bertz CT molecular complexity index is 642. The van der Waals surface area contributed by atoms with Crippen LogP contribution in [0.5, 0.6) is 0 Å². The Balaban J connectivity index is 2.02. The highest BCUT2D eigenvalue weighted by Gasteiger charge is 2.29. The van der Waals surface area contributed by atoms with E-state index in [2.05, 4.69) is 10.1 Å². The lowest BCUT2D eigenvalue weighted by atomic mass is 10.3. The first-order chi connectivity index (χ1) is 8.63. The van der Waals surface area contributed by atoms with Crippen molar-refractivity contribution in [2.75, 3.05) is 0 Å². The Kier molecular flexibility index (Phi) is 2.70. The van der Waals surface area contributed by atoms with Gasteiger partial charge in [-0.05, 0) is 12.8 Å². The Labute approximate surface area is 109 Å². The van der Waals surface area contributed by atoms with Crippen molar-refractivity contribution in [2.45, 2.75) is 25.3 Å². The second kappa shape index (κ2) is 4.24. The summed E-state index contributed by atoms with van der Waals surface area (Å²) < 4.78 is 3.42. The van der Waals surface area contributed by atoms with Crippen LogP contribution in [0.2, 0.25) is 5.15 Å². The second-order valence-electron chi connectivity index (χ2n) is 4.66. The smallest absolute Gasteiger partial charge is 0.255 e. The van der Waals surface area contributed by atoms with Crippen molar-refractivity contribution >= 4 is 11.6 Å². The number of halogens is 1. The zero-order chi connectivity index (χ0) is 12.7. The van der Waals surface area contributed by atoms with Crippen LogP contribution in [0.25, 0.3) is 0 Å². The minimum Gasteiger partial charge on any atom is -0.292 e. The SMILES string of the molecule is Cn1cc(Cn2c(C3CC3)nc(Cl)cc2=O)cn1. The number of nitrogens with zero attached hydrogens (tertiary/aromatic N) is 4. The van der Waals surface area contributed by atoms with Gasteiger partial charge in [0.05, 0.1) is 12.7 Å². The van der Waals surface area contributed by atoms with E-state index < -0.39 is 0 Å². The van der Waals surface area contributed by atoms with Crippen molar-refractivity contribution in [3.63, 3.8) is 0 Å². The molecule has 3 rings (SSSR count). The fourth-order valence-corrected chi connectivity index (χ4v) is 2.22. The summed E-state index contributed by atoms with van der Waals surface area (Å²) in [4.78, 5) is 16.3. The van der Waals surface area contributed by atoms with E-state index in [0.717, 1.165) is 24.2 Å². The van der Waals surface area contributed by atoms with E-state index >= 15 is 0 Å². The summed E-state index contributed by atoms with van der Waals surface area (Å²) in [6.07, 6.45) is 5.83. The molecule has 2 heterocycles. The Morgan fingerprint density at radius 2 is 2.28 bits per heavy atom. The van der Waals surface area contributed by atoms with E-state index in [1.165, 1.54) is 6.07 Å². The lowest BCUT2D eigenvalue weighted by Gasteiger charge is -2.10. The third kappa shape index (κ3) is 2.18. The number of aryl methyl sites for hydroxylation is 1. The third-order valence-corrected chi connectivity index (χ3v) is 3.24. The topological polar surface area (TPSA) is 52.7 Å². The summed E-state index contributed by atoms with van der Waals surface area (Å²) in [5, 5.41) is 4.39. The summed E-state index contributed by atoms with van der Waals surface area (Å²) in [7, 11) is 1.86. The van der Waals surface area contributed by atoms with Gasteiger partial charge in [0.15, 0.2) is 0 Å². The predicted molar refractivity (Wildman–Crippen MR) is 67.8 cm³/mol. The van der Waals surface area contributed by atoms with Gasteiger partial charge >= 0.3 is 0 Å². The molecule has 6 heteroatoms. The predicted octanol–water partition coefficient (Wildman–Crippen LogP) is 1.56. The largest absolute Gasteiger partial charge is 0.292 e. The molecule has 0 aromatic carbocycles. The zero-order valence-electron chi connectivity index (χ0n) is 10.0. The average Bonchev–Trinajstić information content (AvgIpc) is 3.06. The van der Waals surface area contributed by atoms with Crippen molar-refractivity contribution in [3.05, 3.63) is 45.4 Å². The fraction of sp³-hybridized carbons (Fsp3) is 0.417. The van der Waals surface area contributed by atoms with Crippen LogP contribution in [0.1, 0.15) is 30.1 Å². The van der Waals surface area contributed by atoms with E-state index in [0.29, 0.717) is 12.5 Å². The molecule has 0 N–H and O–H groups in total. The van der Waals surface area contributed by atoms with Gasteiger partial charge in [0.25, 0.3) is 5.56 Å². The van der Waals surface area contributed by atoms with E-state index in [1.54, 1.807) is 15.4 Å². The summed E-state index contributed by atoms with van der Waals surface area (Å²) >= 11 is 5.86. The van der Waals surface area contributed by atoms with E-state index in [-0.39, 0.29) is 10.7 Å². The molecule has 1 fully saturated rings. The molecular weight excluding hydrogens is 252 g/mol. The summed E-state index contributed by atoms with van der Waals surface area (Å²) in [5.74, 6) is 1.18. The van der Waals surface area contributed by atoms with Gasteiger partial charge in [0.1, 0.15) is 11.0 Å². The molecule has 0 unspecified atom stereocenters. The van der Waals surface area contributed by atoms with Crippen molar-refractivity contribution in [2.24, 2.45) is 7.05 Å². The van der Waals surface area contributed by atoms with Gasteiger partial charge in [-0.1, -0.05) is 11.6 Å². The highest BCUT2D eigenvalue weighted by Crippen LogP contribution is 2.38. The normalized spacial score (nSPS) is 15.0. The van der Waals surface area contributed by atoms with Crippen LogP contribution in [-0.2, 0) is 13.6 Å². The summed E-state index contributed by atoms with van der Waals surface area (Å²) in [6, 6.07) is 1.36. The first kappa shape index (κ1) is 11.5. The lowest BCUT2D eigenvalue weighted by molar-refractivity contribution is 0.668. The molecule has 94 valence electrons. The van der Waals surface area contributed by atoms with Crippen LogP contribution in [0.4, 0.5) is 0 Å². The van der Waals surface area contributed by atoms with Gasteiger partial charge in [-0.15, -0.1) is 0 Å². The number of hydrogen-bond donors (Lipinski definition) is 0. The van der Waals surface area contributed by atoms with Crippen LogP contribution >= 0.6 is 11.6 Å². The molecule has 0 radical (unpaired) electrons. The standard InChI is InChI=1S/C12H13ClN4O/c1-16-6-8(5-14-16)7-17-11(18)4-10(13)15-12(17)9-2-3-9/h4-6,9H,2-3,7H2,1H3. The van der Waals surface area contributed by atoms with Crippen LogP contribution in [0.15, 0.2) is 23.3 Å². The fourth-order valence-electron chi connectivity index (χ4n) is 2.04. The monoisotopic (exact) mass is 264 g/mol. The van der Waals surface area contributed by atoms with Gasteiger partial charge in [-0.25, -0.2) is 4.98 Å². The highest BCUT2D eigenvalue weighted by atomic mass is 35.5. The first-order valence-corrected chi connectivity index (χ1v) is 6.26. The molecule has 5 nitrogen and oxygen atoms in total. The third-order valence-electron chi connectivity index (χ3n) is 3.05. The maximum atomic E-state index is 12.0. The number of hydrogen-bond acceptors (Lipinski definition) is 3. The van der Waals surface area contributed by atoms with E-state index in [1.807, 2.05) is 13.2 Å². The van der Waals surface area contributed by atoms with Crippen molar-refractivity contribution in [1.82, 2.24) is 19.3 Å². The van der Waals surface area contributed by atoms with Gasteiger partial charge < -0.3 is 0 Å². The van der Waals surface area contributed by atoms with E-state index in [4.69, 9.17) is 11.6 Å². The Morgan fingerprint density at radius 3 is 2.89 bits per heavy atom. The molecule has 1 aliphatic carbocycles. The molecule has 0 spiro atoms. The molecule has 1 aliphatic rings. The highest BCUT2D eigenvalue weighted by molar-refractivity contribution is 6.29. The Hall–Kier alpha value is -1.62. The zero-order valence-corrected chi connectivity index (χ0v) is 10.8. The quantitative estimate of drug-likeness (QED) is 0.791. The minimum absolute atomic E-state index is 0.0965. The number of aromatic nitrogens is 4. The van der Waals surface area contributed by atoms with Gasteiger partial charge in [0, 0.05) is 30.8 Å². The lowest BCUT2D eigenvalue weighted by Crippen LogP contribution is -2.24. The van der Waals surface area contributed by atoms with Crippen LogP contribution < -0.4 is 5.56 Å². The molecule has 18 heavy (non-hydrogen) atoms. The maximum absolute atomic E-state index is 12.0. The average molecular weight is 265 g/mol. The van der Waals surface area contributed by atoms with Gasteiger partial charge in [0.2, 0.25) is 0 Å². The van der Waals surface area contributed by atoms with Crippen LogP contribution in [0.3, 0.4) is 0 Å². The number of rotatable bonds is 3. The molecule has 2 aromatic rings. The molecule has 0 amide bonds. The summed E-state index contributed by atoms with van der Waals surface area (Å²) in [5.41, 5.74) is 0.895. The molecule has 0 aliphatic heterocycles. The molecular formula is C12H13ClN4O. The molecule has 0 atom stereocenters. The first-order valence-electron chi connectivity index (χ1n) is 5.88. The van der Waals surface area contributed by atoms with Crippen LogP contribution in [-0.4, -0.2) is 19.3 Å². The van der Waals surface area contributed by atoms with Gasteiger partial charge in [-0.3, -0.25) is 14.0 Å². The van der Waals surface area contributed by atoms with Crippen LogP contribution in [0, 0.1) is 0 Å². The molecule has 0 saturated heterocycles. The molecule has 0 bridgehead atoms. The molecule has 2 aromatic heterocycles. The maximum Gasteiger partial charge on any atom is 0.255 e. The minimum atomic E-state index is -0.0965. The van der Waals surface area contributed by atoms with E-state index in [9.17, 15) is 4.79 Å².